The summed E-state index contributed by atoms with van der Waals surface area (Å²) in [5.74, 6) is 1.01. The Bertz CT molecular complexity index is 727. The van der Waals surface area contributed by atoms with Gasteiger partial charge < -0.3 is 10.5 Å². The number of aromatic nitrogens is 3. The minimum Gasteiger partial charge on any atom is -0.439 e. The molecule has 3 aromatic rings. The molecular formula is C13H9ClN4O. The first-order valence-corrected chi connectivity index (χ1v) is 5.91. The number of nitrogens with two attached hydrogens (primary N) is 1. The number of halogens is 1. The summed E-state index contributed by atoms with van der Waals surface area (Å²) in [5, 5.41) is 1.22. The Kier molecular flexibility index (Phi) is 2.89. The largest absolute Gasteiger partial charge is 0.439 e. The lowest BCUT2D eigenvalue weighted by Gasteiger charge is -2.06. The van der Waals surface area contributed by atoms with Crippen LogP contribution in [-0.4, -0.2) is 15.0 Å². The Balaban J connectivity index is 1.96. The molecule has 2 aromatic heterocycles. The minimum atomic E-state index is 0.0740. The lowest BCUT2D eigenvalue weighted by Crippen LogP contribution is -1.97. The normalized spacial score (nSPS) is 10.6. The molecule has 0 fully saturated rings. The molecule has 0 saturated heterocycles. The fourth-order valence-corrected chi connectivity index (χ4v) is 1.88. The quantitative estimate of drug-likeness (QED) is 0.726. The number of benzene rings is 1. The average molecular weight is 273 g/mol. The first-order chi connectivity index (χ1) is 9.20. The lowest BCUT2D eigenvalue weighted by atomic mass is 10.2. The van der Waals surface area contributed by atoms with Gasteiger partial charge in [0.1, 0.15) is 10.9 Å². The summed E-state index contributed by atoms with van der Waals surface area (Å²) >= 11 is 5.79. The van der Waals surface area contributed by atoms with Crippen molar-refractivity contribution in [1.29, 1.82) is 0 Å². The smallest absolute Gasteiger partial charge is 0.225 e. The van der Waals surface area contributed by atoms with Crippen LogP contribution >= 0.6 is 11.6 Å². The highest BCUT2D eigenvalue weighted by Crippen LogP contribution is 2.25. The van der Waals surface area contributed by atoms with Crippen LogP contribution in [0.4, 0.5) is 5.95 Å². The predicted octanol–water partition coefficient (Wildman–Crippen LogP) is 3.05. The van der Waals surface area contributed by atoms with E-state index in [2.05, 4.69) is 15.0 Å². The van der Waals surface area contributed by atoms with Gasteiger partial charge in [-0.3, -0.25) is 4.98 Å². The van der Waals surface area contributed by atoms with E-state index in [1.54, 1.807) is 6.20 Å². The molecule has 0 atom stereocenters. The second kappa shape index (κ2) is 4.70. The standard InChI is InChI=1S/C13H9ClN4O/c14-11-7-12(18-13(15)17-11)19-9-3-4-10-8(6-9)2-1-5-16-10/h1-7H,(H2,15,17,18). The van der Waals surface area contributed by atoms with Gasteiger partial charge in [0.05, 0.1) is 5.52 Å². The zero-order chi connectivity index (χ0) is 13.2. The molecule has 0 amide bonds. The SMILES string of the molecule is Nc1nc(Cl)cc(Oc2ccc3ncccc3c2)n1. The minimum absolute atomic E-state index is 0.0740. The summed E-state index contributed by atoms with van der Waals surface area (Å²) in [6.45, 7) is 0. The maximum atomic E-state index is 5.79. The number of rotatable bonds is 2. The van der Waals surface area contributed by atoms with Gasteiger partial charge in [-0.15, -0.1) is 0 Å². The summed E-state index contributed by atoms with van der Waals surface area (Å²) in [5.41, 5.74) is 6.41. The van der Waals surface area contributed by atoms with Crippen LogP contribution in [0.3, 0.4) is 0 Å². The maximum Gasteiger partial charge on any atom is 0.225 e. The van der Waals surface area contributed by atoms with E-state index in [0.29, 0.717) is 11.6 Å². The summed E-state index contributed by atoms with van der Waals surface area (Å²) in [6.07, 6.45) is 1.74. The zero-order valence-corrected chi connectivity index (χ0v) is 10.5. The van der Waals surface area contributed by atoms with Gasteiger partial charge in [-0.25, -0.2) is 4.98 Å². The van der Waals surface area contributed by atoms with Crippen molar-refractivity contribution in [3.8, 4) is 11.6 Å². The second-order valence-electron chi connectivity index (χ2n) is 3.85. The highest BCUT2D eigenvalue weighted by molar-refractivity contribution is 6.29. The van der Waals surface area contributed by atoms with Gasteiger partial charge in [0.15, 0.2) is 0 Å². The van der Waals surface area contributed by atoms with Gasteiger partial charge in [-0.2, -0.15) is 4.98 Å². The first-order valence-electron chi connectivity index (χ1n) is 5.53. The Morgan fingerprint density at radius 2 is 2.00 bits per heavy atom. The van der Waals surface area contributed by atoms with Gasteiger partial charge in [-0.1, -0.05) is 17.7 Å². The highest BCUT2D eigenvalue weighted by atomic mass is 35.5. The van der Waals surface area contributed by atoms with Crippen molar-refractivity contribution in [2.24, 2.45) is 0 Å². The Labute approximate surface area is 114 Å². The van der Waals surface area contributed by atoms with Crippen molar-refractivity contribution in [3.63, 3.8) is 0 Å². The number of hydrogen-bond acceptors (Lipinski definition) is 5. The maximum absolute atomic E-state index is 5.79. The van der Waals surface area contributed by atoms with Gasteiger partial charge in [0, 0.05) is 17.6 Å². The number of ether oxygens (including phenoxy) is 1. The molecule has 0 aliphatic heterocycles. The van der Waals surface area contributed by atoms with Crippen LogP contribution in [0.1, 0.15) is 0 Å². The molecule has 0 aliphatic carbocycles. The van der Waals surface area contributed by atoms with Gasteiger partial charge in [-0.05, 0) is 24.3 Å². The second-order valence-corrected chi connectivity index (χ2v) is 4.23. The highest BCUT2D eigenvalue weighted by Gasteiger charge is 2.04. The first kappa shape index (κ1) is 11.7. The summed E-state index contributed by atoms with van der Waals surface area (Å²) in [7, 11) is 0. The molecule has 2 N–H and O–H groups in total. The van der Waals surface area contributed by atoms with Crippen molar-refractivity contribution < 1.29 is 4.74 Å². The molecule has 19 heavy (non-hydrogen) atoms. The van der Waals surface area contributed by atoms with E-state index in [-0.39, 0.29) is 11.1 Å². The molecule has 0 saturated carbocycles. The molecule has 0 bridgehead atoms. The third-order valence-corrected chi connectivity index (χ3v) is 2.68. The molecule has 1 aromatic carbocycles. The van der Waals surface area contributed by atoms with Crippen LogP contribution in [0.25, 0.3) is 10.9 Å². The van der Waals surface area contributed by atoms with Gasteiger partial charge in [0.25, 0.3) is 0 Å². The Hall–Kier alpha value is -2.40. The van der Waals surface area contributed by atoms with E-state index in [1.165, 1.54) is 6.07 Å². The van der Waals surface area contributed by atoms with E-state index in [0.717, 1.165) is 10.9 Å². The van der Waals surface area contributed by atoms with E-state index < -0.39 is 0 Å². The monoisotopic (exact) mass is 272 g/mol. The number of fused-ring (bicyclic) bond motifs is 1. The average Bonchev–Trinajstić information content (AvgIpc) is 2.37. The third kappa shape index (κ3) is 2.56. The van der Waals surface area contributed by atoms with Crippen LogP contribution in [0.15, 0.2) is 42.6 Å². The molecule has 0 aliphatic rings. The van der Waals surface area contributed by atoms with Crippen molar-refractivity contribution in [1.82, 2.24) is 15.0 Å². The Morgan fingerprint density at radius 1 is 1.11 bits per heavy atom. The molecule has 3 rings (SSSR count). The molecule has 94 valence electrons. The zero-order valence-electron chi connectivity index (χ0n) is 9.75. The van der Waals surface area contributed by atoms with E-state index in [1.807, 2.05) is 30.3 Å². The topological polar surface area (TPSA) is 73.9 Å². The van der Waals surface area contributed by atoms with Crippen LogP contribution in [0.2, 0.25) is 5.15 Å². The van der Waals surface area contributed by atoms with Crippen molar-refractivity contribution in [3.05, 3.63) is 47.7 Å². The number of nitrogens with zero attached hydrogens (tertiary/aromatic N) is 3. The molecule has 6 heteroatoms. The molecular weight excluding hydrogens is 264 g/mol. The van der Waals surface area contributed by atoms with Crippen molar-refractivity contribution in [2.75, 3.05) is 5.73 Å². The van der Waals surface area contributed by atoms with Crippen molar-refractivity contribution >= 4 is 28.5 Å². The fraction of sp³-hybridized carbons (Fsp3) is 0. The number of nitrogen functional groups attached to an aromatic ring is 1. The van der Waals surface area contributed by atoms with Crippen LogP contribution in [0, 0.1) is 0 Å². The van der Waals surface area contributed by atoms with Crippen molar-refractivity contribution in [2.45, 2.75) is 0 Å². The predicted molar refractivity (Wildman–Crippen MR) is 73.3 cm³/mol. The molecule has 0 unspecified atom stereocenters. The Morgan fingerprint density at radius 3 is 2.84 bits per heavy atom. The van der Waals surface area contributed by atoms with Crippen LogP contribution in [-0.2, 0) is 0 Å². The van der Waals surface area contributed by atoms with E-state index in [9.17, 15) is 0 Å². The van der Waals surface area contributed by atoms with Crippen LogP contribution in [0.5, 0.6) is 11.6 Å². The third-order valence-electron chi connectivity index (χ3n) is 2.49. The van der Waals surface area contributed by atoms with Gasteiger partial charge >= 0.3 is 0 Å². The summed E-state index contributed by atoms with van der Waals surface area (Å²) in [4.78, 5) is 12.0. The molecule has 0 spiro atoms. The van der Waals surface area contributed by atoms with Crippen LogP contribution < -0.4 is 10.5 Å². The lowest BCUT2D eigenvalue weighted by molar-refractivity contribution is 0.463. The molecule has 0 radical (unpaired) electrons. The molecule has 5 nitrogen and oxygen atoms in total. The number of anilines is 1. The fourth-order valence-electron chi connectivity index (χ4n) is 1.70. The van der Waals surface area contributed by atoms with Gasteiger partial charge in [0.2, 0.25) is 11.8 Å². The number of hydrogen-bond donors (Lipinski definition) is 1. The van der Waals surface area contributed by atoms with E-state index >= 15 is 0 Å². The summed E-state index contributed by atoms with van der Waals surface area (Å²) < 4.78 is 5.60. The molecule has 2 heterocycles. The number of pyridine rings is 1. The van der Waals surface area contributed by atoms with E-state index in [4.69, 9.17) is 22.1 Å². The summed E-state index contributed by atoms with van der Waals surface area (Å²) in [6, 6.07) is 10.9.